The zero-order valence-electron chi connectivity index (χ0n) is 14.4. The third-order valence-electron chi connectivity index (χ3n) is 5.08. The Kier molecular flexibility index (Phi) is 4.67. The normalized spacial score (nSPS) is 14.4. The molecule has 0 bridgehead atoms. The molecule has 3 heteroatoms. The molecule has 1 aliphatic rings. The molecule has 0 aromatic heterocycles. The van der Waals surface area contributed by atoms with Gasteiger partial charge in [0.25, 0.3) is 0 Å². The van der Waals surface area contributed by atoms with Gasteiger partial charge >= 0.3 is 0 Å². The second kappa shape index (κ2) is 6.71. The monoisotopic (exact) mass is 310 g/mol. The molecule has 0 heterocycles. The molecule has 1 aliphatic carbocycles. The van der Waals surface area contributed by atoms with Gasteiger partial charge in [-0.25, -0.2) is 0 Å². The fraction of sp³-hybridized carbons (Fsp3) is 0.450. The van der Waals surface area contributed by atoms with E-state index in [0.29, 0.717) is 0 Å². The van der Waals surface area contributed by atoms with E-state index in [2.05, 4.69) is 61.3 Å². The average Bonchev–Trinajstić information content (AvgIpc) is 2.99. The number of benzene rings is 2. The van der Waals surface area contributed by atoms with Crippen LogP contribution in [0.2, 0.25) is 0 Å². The number of carbonyl (C=O) groups is 1. The number of aryl methyl sites for hydroxylation is 2. The van der Waals surface area contributed by atoms with Gasteiger partial charge in [-0.05, 0) is 54.9 Å². The molecule has 1 N–H and O–H groups in total. The maximum atomic E-state index is 12.8. The average molecular weight is 310 g/mol. The number of nitrogens with one attached hydrogen (secondary N) is 1. The predicted molar refractivity (Wildman–Crippen MR) is 97.0 cm³/mol. The summed E-state index contributed by atoms with van der Waals surface area (Å²) < 4.78 is 0. The van der Waals surface area contributed by atoms with E-state index < -0.39 is 0 Å². The van der Waals surface area contributed by atoms with Gasteiger partial charge in [0.15, 0.2) is 0 Å². The zero-order valence-corrected chi connectivity index (χ0v) is 14.4. The van der Waals surface area contributed by atoms with Gasteiger partial charge in [0.1, 0.15) is 0 Å². The standard InChI is InChI=1S/C20H26N2O/c1-4-18(22(5-2)6-3)20(23)21-17-13-12-15-11-10-14-8-7-9-16(17)19(14)15/h7-9,12-13,18H,4-6,10-11H2,1-3H3,(H,21,23)/t18-/m1/s1. The first-order valence-corrected chi connectivity index (χ1v) is 8.77. The Bertz CT molecular complexity index is 709. The highest BCUT2D eigenvalue weighted by molar-refractivity contribution is 6.06. The molecule has 0 aliphatic heterocycles. The van der Waals surface area contributed by atoms with E-state index in [1.54, 1.807) is 0 Å². The lowest BCUT2D eigenvalue weighted by Crippen LogP contribution is -2.43. The van der Waals surface area contributed by atoms with Gasteiger partial charge in [-0.2, -0.15) is 0 Å². The van der Waals surface area contributed by atoms with E-state index in [1.807, 2.05) is 0 Å². The molecule has 122 valence electrons. The summed E-state index contributed by atoms with van der Waals surface area (Å²) in [5.74, 6) is 0.106. The van der Waals surface area contributed by atoms with Gasteiger partial charge in [-0.1, -0.05) is 45.0 Å². The Labute approximate surface area is 138 Å². The van der Waals surface area contributed by atoms with Crippen LogP contribution in [0.15, 0.2) is 30.3 Å². The Morgan fingerprint density at radius 3 is 2.43 bits per heavy atom. The van der Waals surface area contributed by atoms with Crippen molar-refractivity contribution in [2.75, 3.05) is 18.4 Å². The molecule has 1 atom stereocenters. The van der Waals surface area contributed by atoms with Crippen molar-refractivity contribution in [1.29, 1.82) is 0 Å². The zero-order chi connectivity index (χ0) is 16.4. The number of hydrogen-bond acceptors (Lipinski definition) is 2. The summed E-state index contributed by atoms with van der Waals surface area (Å²) >= 11 is 0. The van der Waals surface area contributed by atoms with E-state index in [-0.39, 0.29) is 11.9 Å². The number of rotatable bonds is 6. The second-order valence-corrected chi connectivity index (χ2v) is 6.25. The van der Waals surface area contributed by atoms with Crippen molar-refractivity contribution in [1.82, 2.24) is 4.90 Å². The Morgan fingerprint density at radius 2 is 1.78 bits per heavy atom. The van der Waals surface area contributed by atoms with Crippen molar-refractivity contribution in [2.45, 2.75) is 46.1 Å². The molecule has 23 heavy (non-hydrogen) atoms. The SMILES string of the molecule is CC[C@H](C(=O)Nc1ccc2c3c(cccc13)CC2)N(CC)CC. The number of anilines is 1. The van der Waals surface area contributed by atoms with E-state index in [9.17, 15) is 4.79 Å². The minimum atomic E-state index is -0.0620. The van der Waals surface area contributed by atoms with Crippen LogP contribution in [-0.2, 0) is 17.6 Å². The summed E-state index contributed by atoms with van der Waals surface area (Å²) in [4.78, 5) is 15.0. The molecule has 2 aromatic rings. The maximum Gasteiger partial charge on any atom is 0.241 e. The third kappa shape index (κ3) is 2.86. The molecule has 3 rings (SSSR count). The highest BCUT2D eigenvalue weighted by Gasteiger charge is 2.23. The Hall–Kier alpha value is -1.87. The first-order valence-electron chi connectivity index (χ1n) is 8.77. The number of amides is 1. The predicted octanol–water partition coefficient (Wildman–Crippen LogP) is 4.00. The summed E-state index contributed by atoms with van der Waals surface area (Å²) in [6.45, 7) is 8.09. The summed E-state index contributed by atoms with van der Waals surface area (Å²) in [7, 11) is 0. The first kappa shape index (κ1) is 16.0. The number of likely N-dealkylation sites (N-methyl/N-ethyl adjacent to an activating group) is 1. The molecule has 1 amide bonds. The van der Waals surface area contributed by atoms with Crippen LogP contribution in [0.5, 0.6) is 0 Å². The molecule has 2 aromatic carbocycles. The molecule has 0 unspecified atom stereocenters. The van der Waals surface area contributed by atoms with Crippen molar-refractivity contribution < 1.29 is 4.79 Å². The van der Waals surface area contributed by atoms with Gasteiger partial charge in [-0.3, -0.25) is 9.69 Å². The van der Waals surface area contributed by atoms with E-state index in [0.717, 1.165) is 38.0 Å². The van der Waals surface area contributed by atoms with Crippen molar-refractivity contribution >= 4 is 22.4 Å². The molecular weight excluding hydrogens is 284 g/mol. The highest BCUT2D eigenvalue weighted by Crippen LogP contribution is 2.35. The maximum absolute atomic E-state index is 12.8. The number of nitrogens with zero attached hydrogens (tertiary/aromatic N) is 1. The van der Waals surface area contributed by atoms with Gasteiger partial charge in [0.05, 0.1) is 6.04 Å². The molecule has 0 fully saturated rings. The van der Waals surface area contributed by atoms with Crippen molar-refractivity contribution in [3.63, 3.8) is 0 Å². The van der Waals surface area contributed by atoms with Crippen molar-refractivity contribution in [3.8, 4) is 0 Å². The van der Waals surface area contributed by atoms with Gasteiger partial charge in [-0.15, -0.1) is 0 Å². The van der Waals surface area contributed by atoms with Crippen LogP contribution in [-0.4, -0.2) is 29.9 Å². The quantitative estimate of drug-likeness (QED) is 0.874. The van der Waals surface area contributed by atoms with E-state index in [1.165, 1.54) is 21.9 Å². The van der Waals surface area contributed by atoms with Crippen molar-refractivity contribution in [3.05, 3.63) is 41.5 Å². The minimum absolute atomic E-state index is 0.0620. The Balaban J connectivity index is 1.92. The Morgan fingerprint density at radius 1 is 1.09 bits per heavy atom. The fourth-order valence-corrected chi connectivity index (χ4v) is 3.85. The summed E-state index contributed by atoms with van der Waals surface area (Å²) in [5.41, 5.74) is 3.76. The first-order chi connectivity index (χ1) is 11.2. The van der Waals surface area contributed by atoms with Crippen LogP contribution in [0.1, 0.15) is 38.3 Å². The van der Waals surface area contributed by atoms with Crippen LogP contribution in [0.4, 0.5) is 5.69 Å². The van der Waals surface area contributed by atoms with Crippen LogP contribution >= 0.6 is 0 Å². The van der Waals surface area contributed by atoms with Crippen LogP contribution in [0, 0.1) is 0 Å². The smallest absolute Gasteiger partial charge is 0.241 e. The summed E-state index contributed by atoms with van der Waals surface area (Å²) in [6.07, 6.45) is 3.05. The van der Waals surface area contributed by atoms with E-state index in [4.69, 9.17) is 0 Å². The molecule has 0 saturated heterocycles. The molecule has 3 nitrogen and oxygen atoms in total. The molecular formula is C20H26N2O. The van der Waals surface area contributed by atoms with Gasteiger partial charge < -0.3 is 5.32 Å². The van der Waals surface area contributed by atoms with Gasteiger partial charge in [0.2, 0.25) is 5.91 Å². The van der Waals surface area contributed by atoms with E-state index >= 15 is 0 Å². The highest BCUT2D eigenvalue weighted by atomic mass is 16.2. The molecule has 0 spiro atoms. The summed E-state index contributed by atoms with van der Waals surface area (Å²) in [5, 5.41) is 5.72. The number of hydrogen-bond donors (Lipinski definition) is 1. The minimum Gasteiger partial charge on any atom is -0.324 e. The largest absolute Gasteiger partial charge is 0.324 e. The topological polar surface area (TPSA) is 32.3 Å². The second-order valence-electron chi connectivity index (χ2n) is 6.25. The van der Waals surface area contributed by atoms with Crippen LogP contribution in [0.3, 0.4) is 0 Å². The lowest BCUT2D eigenvalue weighted by atomic mass is 10.0. The third-order valence-corrected chi connectivity index (χ3v) is 5.08. The lowest BCUT2D eigenvalue weighted by Gasteiger charge is -2.27. The molecule has 0 radical (unpaired) electrons. The van der Waals surface area contributed by atoms with Crippen LogP contribution < -0.4 is 5.32 Å². The number of carbonyl (C=O) groups excluding carboxylic acids is 1. The van der Waals surface area contributed by atoms with Gasteiger partial charge in [0, 0.05) is 11.1 Å². The fourth-order valence-electron chi connectivity index (χ4n) is 3.85. The van der Waals surface area contributed by atoms with Crippen LogP contribution in [0.25, 0.3) is 10.8 Å². The molecule has 0 saturated carbocycles. The summed E-state index contributed by atoms with van der Waals surface area (Å²) in [6, 6.07) is 10.6. The van der Waals surface area contributed by atoms with Crippen molar-refractivity contribution in [2.24, 2.45) is 0 Å². The lowest BCUT2D eigenvalue weighted by molar-refractivity contribution is -0.121.